The molecule has 0 radical (unpaired) electrons. The number of aromatic nitrogens is 1. The van der Waals surface area contributed by atoms with E-state index in [9.17, 15) is 9.59 Å². The van der Waals surface area contributed by atoms with E-state index in [0.29, 0.717) is 26.1 Å². The quantitative estimate of drug-likeness (QED) is 0.815. The molecule has 0 bridgehead atoms. The molecule has 25 heavy (non-hydrogen) atoms. The normalized spacial score (nSPS) is 21.2. The molecule has 7 heteroatoms. The Bertz CT molecular complexity index is 629. The summed E-state index contributed by atoms with van der Waals surface area (Å²) in [5, 5.41) is 0. The van der Waals surface area contributed by atoms with Gasteiger partial charge in [-0.1, -0.05) is 6.07 Å². The Morgan fingerprint density at radius 2 is 1.92 bits per heavy atom. The number of nitrogens with zero attached hydrogens (tertiary/aromatic N) is 4. The molecule has 3 heterocycles. The summed E-state index contributed by atoms with van der Waals surface area (Å²) in [6, 6.07) is 3.60. The van der Waals surface area contributed by atoms with Crippen LogP contribution in [-0.2, 0) is 9.53 Å². The van der Waals surface area contributed by atoms with Crippen molar-refractivity contribution in [2.24, 2.45) is 0 Å². The van der Waals surface area contributed by atoms with Gasteiger partial charge in [0.2, 0.25) is 5.91 Å². The number of likely N-dealkylation sites (tertiary alicyclic amines) is 1. The van der Waals surface area contributed by atoms with Crippen LogP contribution in [0.1, 0.15) is 24.8 Å². The van der Waals surface area contributed by atoms with Gasteiger partial charge in [0, 0.05) is 38.9 Å². The van der Waals surface area contributed by atoms with E-state index in [1.165, 1.54) is 7.11 Å². The summed E-state index contributed by atoms with van der Waals surface area (Å²) in [4.78, 5) is 35.0. The van der Waals surface area contributed by atoms with E-state index in [4.69, 9.17) is 4.74 Å². The highest BCUT2D eigenvalue weighted by atomic mass is 16.5. The van der Waals surface area contributed by atoms with Gasteiger partial charge in [0.05, 0.1) is 7.11 Å². The van der Waals surface area contributed by atoms with Gasteiger partial charge in [-0.3, -0.25) is 9.69 Å². The molecule has 1 atom stereocenters. The van der Waals surface area contributed by atoms with Crippen molar-refractivity contribution < 1.29 is 14.3 Å². The number of ether oxygens (including phenoxy) is 1. The third-order valence-electron chi connectivity index (χ3n) is 5.07. The molecule has 2 aliphatic rings. The molecule has 3 rings (SSSR count). The van der Waals surface area contributed by atoms with Gasteiger partial charge in [-0.25, -0.2) is 9.78 Å². The highest BCUT2D eigenvalue weighted by Gasteiger charge is 2.36. The SMILES string of the molecule is COC(=O)N1CCCC[C@H]1C(=O)N1CCN(c2ncccc2C)CC1. The van der Waals surface area contributed by atoms with Crippen LogP contribution in [-0.4, -0.2) is 72.7 Å². The molecule has 2 aliphatic heterocycles. The molecule has 1 aromatic heterocycles. The van der Waals surface area contributed by atoms with Crippen LogP contribution in [0.3, 0.4) is 0 Å². The largest absolute Gasteiger partial charge is 0.453 e. The highest BCUT2D eigenvalue weighted by Crippen LogP contribution is 2.22. The minimum atomic E-state index is -0.402. The third kappa shape index (κ3) is 3.70. The first kappa shape index (κ1) is 17.5. The van der Waals surface area contributed by atoms with Gasteiger partial charge >= 0.3 is 6.09 Å². The summed E-state index contributed by atoms with van der Waals surface area (Å²) in [5.41, 5.74) is 1.14. The van der Waals surface area contributed by atoms with E-state index in [2.05, 4.69) is 22.9 Å². The maximum Gasteiger partial charge on any atom is 0.410 e. The Morgan fingerprint density at radius 3 is 2.60 bits per heavy atom. The first-order valence-corrected chi connectivity index (χ1v) is 8.91. The van der Waals surface area contributed by atoms with Crippen LogP contribution < -0.4 is 4.90 Å². The monoisotopic (exact) mass is 346 g/mol. The van der Waals surface area contributed by atoms with Crippen molar-refractivity contribution in [1.29, 1.82) is 0 Å². The molecule has 7 nitrogen and oxygen atoms in total. The molecule has 0 N–H and O–H groups in total. The average molecular weight is 346 g/mol. The number of aryl methyl sites for hydroxylation is 1. The maximum absolute atomic E-state index is 12.9. The summed E-state index contributed by atoms with van der Waals surface area (Å²) in [6.45, 7) is 5.47. The number of pyridine rings is 1. The van der Waals surface area contributed by atoms with Crippen LogP contribution in [0.25, 0.3) is 0 Å². The lowest BCUT2D eigenvalue weighted by Crippen LogP contribution is -2.57. The van der Waals surface area contributed by atoms with Crippen LogP contribution in [0.2, 0.25) is 0 Å². The van der Waals surface area contributed by atoms with Gasteiger partial charge in [-0.15, -0.1) is 0 Å². The summed E-state index contributed by atoms with van der Waals surface area (Å²) in [5.74, 6) is 1.03. The molecule has 2 fully saturated rings. The zero-order chi connectivity index (χ0) is 17.8. The molecule has 136 valence electrons. The van der Waals surface area contributed by atoms with Crippen molar-refractivity contribution >= 4 is 17.8 Å². The Kier molecular flexibility index (Phi) is 5.40. The summed E-state index contributed by atoms with van der Waals surface area (Å²) >= 11 is 0. The molecule has 1 aromatic rings. The number of rotatable bonds is 2. The second-order valence-electron chi connectivity index (χ2n) is 6.63. The zero-order valence-corrected chi connectivity index (χ0v) is 15.0. The molecular weight excluding hydrogens is 320 g/mol. The fourth-order valence-corrected chi connectivity index (χ4v) is 3.68. The lowest BCUT2D eigenvalue weighted by atomic mass is 10.0. The van der Waals surface area contributed by atoms with E-state index in [0.717, 1.165) is 37.3 Å². The van der Waals surface area contributed by atoms with E-state index in [1.807, 2.05) is 11.0 Å². The number of hydrogen-bond acceptors (Lipinski definition) is 5. The topological polar surface area (TPSA) is 66.0 Å². The number of carbonyl (C=O) groups is 2. The zero-order valence-electron chi connectivity index (χ0n) is 15.0. The van der Waals surface area contributed by atoms with Crippen molar-refractivity contribution in [3.05, 3.63) is 23.9 Å². The van der Waals surface area contributed by atoms with Gasteiger partial charge in [0.15, 0.2) is 0 Å². The van der Waals surface area contributed by atoms with E-state index in [1.54, 1.807) is 11.1 Å². The fraction of sp³-hybridized carbons (Fsp3) is 0.611. The smallest absolute Gasteiger partial charge is 0.410 e. The number of piperazine rings is 1. The Morgan fingerprint density at radius 1 is 1.16 bits per heavy atom. The molecule has 0 saturated carbocycles. The van der Waals surface area contributed by atoms with Crippen molar-refractivity contribution in [1.82, 2.24) is 14.8 Å². The lowest BCUT2D eigenvalue weighted by molar-refractivity contribution is -0.137. The molecule has 0 aliphatic carbocycles. The number of anilines is 1. The average Bonchev–Trinajstić information content (AvgIpc) is 2.67. The van der Waals surface area contributed by atoms with Crippen molar-refractivity contribution in [2.45, 2.75) is 32.2 Å². The fourth-order valence-electron chi connectivity index (χ4n) is 3.68. The minimum absolute atomic E-state index is 0.0440. The van der Waals surface area contributed by atoms with Gasteiger partial charge < -0.3 is 14.5 Å². The van der Waals surface area contributed by atoms with E-state index >= 15 is 0 Å². The van der Waals surface area contributed by atoms with Crippen LogP contribution in [0, 0.1) is 6.92 Å². The first-order valence-electron chi connectivity index (χ1n) is 8.91. The summed E-state index contributed by atoms with van der Waals surface area (Å²) in [6.07, 6.45) is 4.01. The predicted molar refractivity (Wildman–Crippen MR) is 94.5 cm³/mol. The minimum Gasteiger partial charge on any atom is -0.453 e. The Hall–Kier alpha value is -2.31. The highest BCUT2D eigenvalue weighted by molar-refractivity contribution is 5.86. The molecule has 0 aromatic carbocycles. The standard InChI is InChI=1S/C18H26N4O3/c1-14-6-5-8-19-16(14)20-10-12-21(13-11-20)17(23)15-7-3-4-9-22(15)18(24)25-2/h5-6,8,15H,3-4,7,9-13H2,1-2H3/t15-/m0/s1. The Balaban J connectivity index is 1.63. The van der Waals surface area contributed by atoms with E-state index in [-0.39, 0.29) is 11.9 Å². The molecule has 0 unspecified atom stereocenters. The summed E-state index contributed by atoms with van der Waals surface area (Å²) < 4.78 is 4.85. The summed E-state index contributed by atoms with van der Waals surface area (Å²) in [7, 11) is 1.37. The molecule has 2 saturated heterocycles. The number of methoxy groups -OCH3 is 1. The van der Waals surface area contributed by atoms with Crippen LogP contribution >= 0.6 is 0 Å². The molecule has 0 spiro atoms. The number of hydrogen-bond donors (Lipinski definition) is 0. The Labute approximate surface area is 148 Å². The second-order valence-corrected chi connectivity index (χ2v) is 6.63. The number of piperidine rings is 1. The van der Waals surface area contributed by atoms with Crippen molar-refractivity contribution in [3.8, 4) is 0 Å². The number of amides is 2. The third-order valence-corrected chi connectivity index (χ3v) is 5.07. The molecule has 2 amide bonds. The first-order chi connectivity index (χ1) is 12.1. The van der Waals surface area contributed by atoms with Gasteiger partial charge in [0.25, 0.3) is 0 Å². The van der Waals surface area contributed by atoms with Crippen LogP contribution in [0.4, 0.5) is 10.6 Å². The molecular formula is C18H26N4O3. The maximum atomic E-state index is 12.9. The second kappa shape index (κ2) is 7.72. The predicted octanol–water partition coefficient (Wildman–Crippen LogP) is 1.66. The van der Waals surface area contributed by atoms with E-state index < -0.39 is 6.09 Å². The van der Waals surface area contributed by atoms with Crippen LogP contribution in [0.5, 0.6) is 0 Å². The van der Waals surface area contributed by atoms with Crippen molar-refractivity contribution in [3.63, 3.8) is 0 Å². The van der Waals surface area contributed by atoms with Gasteiger partial charge in [-0.2, -0.15) is 0 Å². The van der Waals surface area contributed by atoms with Gasteiger partial charge in [-0.05, 0) is 37.8 Å². The lowest BCUT2D eigenvalue weighted by Gasteiger charge is -2.40. The van der Waals surface area contributed by atoms with Crippen LogP contribution in [0.15, 0.2) is 18.3 Å². The van der Waals surface area contributed by atoms with Crippen molar-refractivity contribution in [2.75, 3.05) is 44.7 Å². The van der Waals surface area contributed by atoms with Gasteiger partial charge in [0.1, 0.15) is 11.9 Å². The number of carbonyl (C=O) groups excluding carboxylic acids is 2.